The van der Waals surface area contributed by atoms with Crippen molar-refractivity contribution in [1.82, 2.24) is 9.97 Å². The maximum absolute atomic E-state index is 12.9. The van der Waals surface area contributed by atoms with Crippen LogP contribution in [0.4, 0.5) is 24.9 Å². The van der Waals surface area contributed by atoms with Gasteiger partial charge in [-0.05, 0) is 75.3 Å². The van der Waals surface area contributed by atoms with Crippen molar-refractivity contribution in [1.29, 1.82) is 0 Å². The van der Waals surface area contributed by atoms with E-state index < -0.39 is 17.6 Å². The van der Waals surface area contributed by atoms with E-state index in [9.17, 15) is 18.0 Å². The molecule has 1 aromatic heterocycles. The van der Waals surface area contributed by atoms with Crippen LogP contribution in [-0.4, -0.2) is 42.2 Å². The first kappa shape index (κ1) is 25.1. The molecular formula is C27H29F3N4O3. The van der Waals surface area contributed by atoms with E-state index in [1.807, 2.05) is 12.1 Å². The van der Waals surface area contributed by atoms with Crippen molar-refractivity contribution in [3.63, 3.8) is 0 Å². The van der Waals surface area contributed by atoms with Crippen molar-refractivity contribution < 1.29 is 27.4 Å². The number of rotatable bonds is 6. The van der Waals surface area contributed by atoms with Gasteiger partial charge in [0, 0.05) is 30.1 Å². The number of hydrogen-bond acceptors (Lipinski definition) is 6. The molecule has 2 aromatic carbocycles. The number of fused-ring (bicyclic) bond motifs is 1. The van der Waals surface area contributed by atoms with Crippen molar-refractivity contribution in [2.24, 2.45) is 0 Å². The van der Waals surface area contributed by atoms with Crippen LogP contribution in [0.1, 0.15) is 60.9 Å². The van der Waals surface area contributed by atoms with Crippen LogP contribution in [0, 0.1) is 0 Å². The van der Waals surface area contributed by atoms with Gasteiger partial charge in [0.05, 0.1) is 24.3 Å². The van der Waals surface area contributed by atoms with E-state index in [0.29, 0.717) is 22.8 Å². The smallest absolute Gasteiger partial charge is 0.416 e. The molecule has 0 atom stereocenters. The fourth-order valence-corrected chi connectivity index (χ4v) is 4.94. The minimum absolute atomic E-state index is 0.0787. The topological polar surface area (TPSA) is 76.6 Å². The summed E-state index contributed by atoms with van der Waals surface area (Å²) in [5.41, 5.74) is -0.148. The van der Waals surface area contributed by atoms with Gasteiger partial charge >= 0.3 is 6.18 Å². The molecule has 1 aliphatic carbocycles. The summed E-state index contributed by atoms with van der Waals surface area (Å²) in [6, 6.07) is 7.75. The highest BCUT2D eigenvalue weighted by Crippen LogP contribution is 2.38. The van der Waals surface area contributed by atoms with E-state index in [1.54, 1.807) is 7.11 Å². The molecule has 0 radical (unpaired) electrons. The predicted octanol–water partition coefficient (Wildman–Crippen LogP) is 6.22. The van der Waals surface area contributed by atoms with E-state index in [1.165, 1.54) is 0 Å². The van der Waals surface area contributed by atoms with Crippen LogP contribution in [0.25, 0.3) is 10.9 Å². The molecule has 0 unspecified atom stereocenters. The summed E-state index contributed by atoms with van der Waals surface area (Å²) >= 11 is 0. The SMILES string of the molecule is COc1cc2c(N3CCCCC3)nc(NC(=O)c3ccc(C(F)(F)F)cc3)nc2cc1OC1CCCC1. The van der Waals surface area contributed by atoms with Gasteiger partial charge in [-0.2, -0.15) is 18.2 Å². The molecule has 0 bridgehead atoms. The van der Waals surface area contributed by atoms with Gasteiger partial charge in [0.25, 0.3) is 5.91 Å². The number of hydrogen-bond donors (Lipinski definition) is 1. The second-order valence-corrected chi connectivity index (χ2v) is 9.49. The Morgan fingerprint density at radius 2 is 1.68 bits per heavy atom. The highest BCUT2D eigenvalue weighted by atomic mass is 19.4. The molecule has 10 heteroatoms. The van der Waals surface area contributed by atoms with Crippen LogP contribution in [0.5, 0.6) is 11.5 Å². The fraction of sp³-hybridized carbons (Fsp3) is 0.444. The number of alkyl halides is 3. The number of ether oxygens (including phenoxy) is 2. The van der Waals surface area contributed by atoms with Crippen LogP contribution in [0.3, 0.4) is 0 Å². The summed E-state index contributed by atoms with van der Waals surface area (Å²) < 4.78 is 50.6. The highest BCUT2D eigenvalue weighted by molar-refractivity contribution is 6.04. The third-order valence-corrected chi connectivity index (χ3v) is 6.91. The van der Waals surface area contributed by atoms with Crippen LogP contribution >= 0.6 is 0 Å². The molecule has 7 nitrogen and oxygen atoms in total. The first-order valence-corrected chi connectivity index (χ1v) is 12.6. The lowest BCUT2D eigenvalue weighted by molar-refractivity contribution is -0.137. The molecule has 2 aliphatic rings. The van der Waals surface area contributed by atoms with Gasteiger partial charge in [-0.1, -0.05) is 0 Å². The van der Waals surface area contributed by atoms with Gasteiger partial charge in [-0.15, -0.1) is 0 Å². The van der Waals surface area contributed by atoms with Gasteiger partial charge in [0.1, 0.15) is 5.82 Å². The molecule has 5 rings (SSSR count). The van der Waals surface area contributed by atoms with Crippen molar-refractivity contribution in [3.05, 3.63) is 47.5 Å². The Balaban J connectivity index is 1.50. The monoisotopic (exact) mass is 514 g/mol. The molecule has 1 N–H and O–H groups in total. The highest BCUT2D eigenvalue weighted by Gasteiger charge is 2.30. The largest absolute Gasteiger partial charge is 0.493 e. The molecule has 1 amide bonds. The lowest BCUT2D eigenvalue weighted by Crippen LogP contribution is -2.30. The Bertz CT molecular complexity index is 1270. The first-order valence-electron chi connectivity index (χ1n) is 12.6. The number of piperidine rings is 1. The summed E-state index contributed by atoms with van der Waals surface area (Å²) in [6.45, 7) is 1.64. The zero-order valence-electron chi connectivity index (χ0n) is 20.6. The normalized spacial score (nSPS) is 16.7. The third-order valence-electron chi connectivity index (χ3n) is 6.91. The van der Waals surface area contributed by atoms with Crippen LogP contribution in [0.15, 0.2) is 36.4 Å². The number of halogens is 3. The van der Waals surface area contributed by atoms with Crippen molar-refractivity contribution in [2.75, 3.05) is 30.4 Å². The number of carbonyl (C=O) groups is 1. The standard InChI is InChI=1S/C27H29F3N4O3/c1-36-22-15-20-21(16-23(22)37-19-7-3-4-8-19)31-26(32-24(20)34-13-5-2-6-14-34)33-25(35)17-9-11-18(12-10-17)27(28,29)30/h9-12,15-16,19H,2-8,13-14H2,1H3,(H,31,32,33,35). The molecule has 2 heterocycles. The van der Waals surface area contributed by atoms with Gasteiger partial charge in [-0.3, -0.25) is 10.1 Å². The molecule has 3 aromatic rings. The van der Waals surface area contributed by atoms with Crippen LogP contribution in [-0.2, 0) is 6.18 Å². The average molecular weight is 515 g/mol. The number of aromatic nitrogens is 2. The number of amides is 1. The average Bonchev–Trinajstić information content (AvgIpc) is 3.41. The fourth-order valence-electron chi connectivity index (χ4n) is 4.94. The van der Waals surface area contributed by atoms with Gasteiger partial charge < -0.3 is 14.4 Å². The summed E-state index contributed by atoms with van der Waals surface area (Å²) in [6.07, 6.45) is 3.06. The van der Waals surface area contributed by atoms with Crippen molar-refractivity contribution in [3.8, 4) is 11.5 Å². The molecule has 1 saturated heterocycles. The minimum Gasteiger partial charge on any atom is -0.493 e. The molecule has 1 aliphatic heterocycles. The zero-order valence-corrected chi connectivity index (χ0v) is 20.6. The molecule has 0 spiro atoms. The number of nitrogens with zero attached hydrogens (tertiary/aromatic N) is 3. The lowest BCUT2D eigenvalue weighted by Gasteiger charge is -2.29. The molecule has 2 fully saturated rings. The Labute approximate surface area is 213 Å². The number of methoxy groups -OCH3 is 1. The number of nitrogens with one attached hydrogen (secondary N) is 1. The molecule has 1 saturated carbocycles. The lowest BCUT2D eigenvalue weighted by atomic mass is 10.1. The van der Waals surface area contributed by atoms with Crippen molar-refractivity contribution in [2.45, 2.75) is 57.2 Å². The maximum atomic E-state index is 12.9. The first-order chi connectivity index (χ1) is 17.8. The zero-order chi connectivity index (χ0) is 26.0. The number of benzene rings is 2. The van der Waals surface area contributed by atoms with Gasteiger partial charge in [0.15, 0.2) is 11.5 Å². The second kappa shape index (κ2) is 10.4. The Kier molecular flexibility index (Phi) is 7.08. The third kappa shape index (κ3) is 5.57. The van der Waals surface area contributed by atoms with Crippen LogP contribution < -0.4 is 19.7 Å². The van der Waals surface area contributed by atoms with Gasteiger partial charge in [-0.25, -0.2) is 4.98 Å². The maximum Gasteiger partial charge on any atom is 0.416 e. The summed E-state index contributed by atoms with van der Waals surface area (Å²) in [5, 5.41) is 3.45. The van der Waals surface area contributed by atoms with E-state index in [2.05, 4.69) is 20.2 Å². The Morgan fingerprint density at radius 3 is 2.32 bits per heavy atom. The summed E-state index contributed by atoms with van der Waals surface area (Å²) in [4.78, 5) is 24.3. The molecule has 196 valence electrons. The van der Waals surface area contributed by atoms with Crippen molar-refractivity contribution >= 4 is 28.6 Å². The molecule has 37 heavy (non-hydrogen) atoms. The quantitative estimate of drug-likeness (QED) is 0.421. The Morgan fingerprint density at radius 1 is 0.973 bits per heavy atom. The predicted molar refractivity (Wildman–Crippen MR) is 134 cm³/mol. The van der Waals surface area contributed by atoms with E-state index in [4.69, 9.17) is 9.47 Å². The Hall–Kier alpha value is -3.56. The molecular weight excluding hydrogens is 485 g/mol. The summed E-state index contributed by atoms with van der Waals surface area (Å²) in [5.74, 6) is 1.36. The number of carbonyl (C=O) groups excluding carboxylic acids is 1. The van der Waals surface area contributed by atoms with E-state index in [-0.39, 0.29) is 17.6 Å². The van der Waals surface area contributed by atoms with E-state index in [0.717, 1.165) is 87.7 Å². The van der Waals surface area contributed by atoms with Gasteiger partial charge in [0.2, 0.25) is 5.95 Å². The number of anilines is 2. The minimum atomic E-state index is -4.47. The van der Waals surface area contributed by atoms with Crippen LogP contribution in [0.2, 0.25) is 0 Å². The summed E-state index contributed by atoms with van der Waals surface area (Å²) in [7, 11) is 1.60. The second-order valence-electron chi connectivity index (χ2n) is 9.49. The van der Waals surface area contributed by atoms with E-state index >= 15 is 0 Å².